The number of carbonyl (C=O) groups excluding carboxylic acids is 1. The maximum absolute atomic E-state index is 14.1. The van der Waals surface area contributed by atoms with E-state index in [1.807, 2.05) is 44.0 Å². The molecule has 226 valence electrons. The second-order valence-corrected chi connectivity index (χ2v) is 11.6. The van der Waals surface area contributed by atoms with Gasteiger partial charge >= 0.3 is 0 Å². The zero-order valence-corrected chi connectivity index (χ0v) is 25.9. The Kier molecular flexibility index (Phi) is 8.79. The van der Waals surface area contributed by atoms with E-state index in [9.17, 15) is 19.7 Å². The van der Waals surface area contributed by atoms with E-state index in [1.54, 1.807) is 47.8 Å². The number of aromatic nitrogens is 1. The fraction of sp³-hybridized carbons (Fsp3) is 0.387. The van der Waals surface area contributed by atoms with Gasteiger partial charge in [-0.05, 0) is 51.6 Å². The first-order valence-corrected chi connectivity index (χ1v) is 15.2. The van der Waals surface area contributed by atoms with Crippen LogP contribution in [-0.4, -0.2) is 78.6 Å². The third kappa shape index (κ3) is 5.72. The summed E-state index contributed by atoms with van der Waals surface area (Å²) in [6.07, 6.45) is 1.66. The van der Waals surface area contributed by atoms with Crippen molar-refractivity contribution in [3.05, 3.63) is 94.7 Å². The lowest BCUT2D eigenvalue weighted by Crippen LogP contribution is -2.44. The SMILES string of the molecule is CCN(CC)C(=O)C1=C(C)N=c2s/c(=C\c3ccc(N4CCN(C)CC4)c([N+](=O)[O-])c3)c(=O)n2[C@@H]1c1ccccc1OC. The summed E-state index contributed by atoms with van der Waals surface area (Å²) in [4.78, 5) is 50.7. The van der Waals surface area contributed by atoms with Gasteiger partial charge in [0.1, 0.15) is 17.5 Å². The average Bonchev–Trinajstić information content (AvgIpc) is 3.31. The lowest BCUT2D eigenvalue weighted by molar-refractivity contribution is -0.384. The molecule has 0 aliphatic carbocycles. The molecule has 5 rings (SSSR count). The van der Waals surface area contributed by atoms with Gasteiger partial charge in [-0.15, -0.1) is 0 Å². The lowest BCUT2D eigenvalue weighted by Gasteiger charge is -2.33. The topological polar surface area (TPSA) is 114 Å². The first kappa shape index (κ1) is 30.2. The predicted octanol–water partition coefficient (Wildman–Crippen LogP) is 2.77. The van der Waals surface area contributed by atoms with Crippen LogP contribution in [0.4, 0.5) is 11.4 Å². The van der Waals surface area contributed by atoms with Crippen LogP contribution < -0.4 is 24.5 Å². The van der Waals surface area contributed by atoms with E-state index in [0.717, 1.165) is 13.1 Å². The Labute approximate surface area is 253 Å². The molecule has 0 spiro atoms. The van der Waals surface area contributed by atoms with Crippen molar-refractivity contribution in [2.75, 3.05) is 58.3 Å². The lowest BCUT2D eigenvalue weighted by atomic mass is 9.94. The molecular formula is C31H36N6O5S. The third-order valence-corrected chi connectivity index (χ3v) is 9.06. The second-order valence-electron chi connectivity index (χ2n) is 10.6. The van der Waals surface area contributed by atoms with E-state index >= 15 is 0 Å². The number of thiazole rings is 1. The highest BCUT2D eigenvalue weighted by molar-refractivity contribution is 7.07. The highest BCUT2D eigenvalue weighted by Gasteiger charge is 2.35. The van der Waals surface area contributed by atoms with Crippen LogP contribution in [0.1, 0.15) is 37.9 Å². The minimum atomic E-state index is -0.753. The van der Waals surface area contributed by atoms with Crippen molar-refractivity contribution in [2.24, 2.45) is 4.99 Å². The number of hydrogen-bond acceptors (Lipinski definition) is 9. The highest BCUT2D eigenvalue weighted by atomic mass is 32.1. The number of anilines is 1. The zero-order valence-electron chi connectivity index (χ0n) is 25.1. The number of fused-ring (bicyclic) bond motifs is 1. The monoisotopic (exact) mass is 604 g/mol. The van der Waals surface area contributed by atoms with Gasteiger partial charge in [-0.2, -0.15) is 0 Å². The van der Waals surface area contributed by atoms with Crippen LogP contribution in [0.3, 0.4) is 0 Å². The molecule has 1 atom stereocenters. The van der Waals surface area contributed by atoms with Crippen molar-refractivity contribution < 1.29 is 14.5 Å². The van der Waals surface area contributed by atoms with Gasteiger partial charge in [-0.25, -0.2) is 4.99 Å². The number of ether oxygens (including phenoxy) is 1. The number of benzene rings is 2. The molecule has 0 saturated carbocycles. The molecule has 1 fully saturated rings. The van der Waals surface area contributed by atoms with Crippen molar-refractivity contribution in [3.8, 4) is 5.75 Å². The minimum absolute atomic E-state index is 0.000859. The molecule has 0 N–H and O–H groups in total. The number of allylic oxidation sites excluding steroid dienone is 1. The standard InChI is InChI=1S/C31H36N6O5S/c1-6-34(7-2)30(39)27-20(3)32-31-36(28(27)22-10-8-9-11-25(22)42-5)29(38)26(43-31)19-21-12-13-23(24(18-21)37(40)41)35-16-14-33(4)15-17-35/h8-13,18-19,28H,6-7,14-17H2,1-5H3/b26-19-/t28-/m1/s1. The molecule has 1 saturated heterocycles. The summed E-state index contributed by atoms with van der Waals surface area (Å²) in [7, 11) is 3.59. The van der Waals surface area contributed by atoms with Gasteiger partial charge in [0.25, 0.3) is 17.2 Å². The largest absolute Gasteiger partial charge is 0.496 e. The van der Waals surface area contributed by atoms with Crippen molar-refractivity contribution >= 4 is 34.7 Å². The van der Waals surface area contributed by atoms with E-state index in [2.05, 4.69) is 4.90 Å². The van der Waals surface area contributed by atoms with E-state index in [4.69, 9.17) is 9.73 Å². The fourth-order valence-corrected chi connectivity index (χ4v) is 6.75. The van der Waals surface area contributed by atoms with E-state index in [1.165, 1.54) is 17.4 Å². The summed E-state index contributed by atoms with van der Waals surface area (Å²) >= 11 is 1.20. The second kappa shape index (κ2) is 12.5. The quantitative estimate of drug-likeness (QED) is 0.287. The number of nitrogens with zero attached hydrogens (tertiary/aromatic N) is 6. The zero-order chi connectivity index (χ0) is 30.8. The van der Waals surface area contributed by atoms with Crippen molar-refractivity contribution in [1.82, 2.24) is 14.4 Å². The highest BCUT2D eigenvalue weighted by Crippen LogP contribution is 2.36. The Morgan fingerprint density at radius 2 is 1.86 bits per heavy atom. The van der Waals surface area contributed by atoms with Crippen LogP contribution >= 0.6 is 11.3 Å². The summed E-state index contributed by atoms with van der Waals surface area (Å²) in [6.45, 7) is 9.69. The smallest absolute Gasteiger partial charge is 0.293 e. The molecule has 3 heterocycles. The molecule has 0 radical (unpaired) electrons. The Hall–Kier alpha value is -4.29. The van der Waals surface area contributed by atoms with E-state index in [0.29, 0.717) is 69.3 Å². The summed E-state index contributed by atoms with van der Waals surface area (Å²) < 4.78 is 7.58. The van der Waals surface area contributed by atoms with Gasteiger partial charge < -0.3 is 19.4 Å². The Morgan fingerprint density at radius 3 is 2.51 bits per heavy atom. The molecular weight excluding hydrogens is 568 g/mol. The maximum atomic E-state index is 14.1. The van der Waals surface area contributed by atoms with Crippen LogP contribution in [0.2, 0.25) is 0 Å². The number of para-hydroxylation sites is 1. The van der Waals surface area contributed by atoms with Crippen molar-refractivity contribution in [3.63, 3.8) is 0 Å². The van der Waals surface area contributed by atoms with Gasteiger partial charge in [-0.1, -0.05) is 35.6 Å². The summed E-state index contributed by atoms with van der Waals surface area (Å²) in [5.74, 6) is 0.364. The average molecular weight is 605 g/mol. The summed E-state index contributed by atoms with van der Waals surface area (Å²) in [5, 5.41) is 12.1. The van der Waals surface area contributed by atoms with Crippen LogP contribution in [0.15, 0.2) is 63.5 Å². The number of likely N-dealkylation sites (N-methyl/N-ethyl adjacent to an activating group) is 2. The molecule has 0 bridgehead atoms. The fourth-order valence-electron chi connectivity index (χ4n) is 5.71. The molecule has 3 aromatic rings. The molecule has 2 aromatic carbocycles. The molecule has 11 nitrogen and oxygen atoms in total. The van der Waals surface area contributed by atoms with E-state index in [-0.39, 0.29) is 22.1 Å². The summed E-state index contributed by atoms with van der Waals surface area (Å²) in [5.41, 5.74) is 2.41. The predicted molar refractivity (Wildman–Crippen MR) is 167 cm³/mol. The number of carbonyl (C=O) groups is 1. The van der Waals surface area contributed by atoms with Crippen LogP contribution in [0, 0.1) is 10.1 Å². The third-order valence-electron chi connectivity index (χ3n) is 8.07. The Bertz CT molecular complexity index is 1770. The summed E-state index contributed by atoms with van der Waals surface area (Å²) in [6, 6.07) is 11.7. The maximum Gasteiger partial charge on any atom is 0.293 e. The minimum Gasteiger partial charge on any atom is -0.496 e. The normalized spacial score (nSPS) is 17.5. The van der Waals surface area contributed by atoms with Crippen LogP contribution in [-0.2, 0) is 4.79 Å². The molecule has 12 heteroatoms. The molecule has 2 aliphatic rings. The Balaban J connectivity index is 1.65. The van der Waals surface area contributed by atoms with Crippen LogP contribution in [0.25, 0.3) is 6.08 Å². The number of nitro groups is 1. The number of amides is 1. The van der Waals surface area contributed by atoms with Gasteiger partial charge in [0.05, 0.1) is 27.8 Å². The Morgan fingerprint density at radius 1 is 1.16 bits per heavy atom. The number of hydrogen-bond donors (Lipinski definition) is 0. The number of methoxy groups -OCH3 is 1. The first-order valence-electron chi connectivity index (χ1n) is 14.3. The molecule has 1 amide bonds. The van der Waals surface area contributed by atoms with Gasteiger partial charge in [-0.3, -0.25) is 24.3 Å². The van der Waals surface area contributed by atoms with Gasteiger partial charge in [0.15, 0.2) is 4.80 Å². The van der Waals surface area contributed by atoms with Gasteiger partial charge in [0, 0.05) is 50.9 Å². The van der Waals surface area contributed by atoms with Crippen LogP contribution in [0.5, 0.6) is 5.75 Å². The molecule has 2 aliphatic heterocycles. The van der Waals surface area contributed by atoms with Crippen molar-refractivity contribution in [1.29, 1.82) is 0 Å². The van der Waals surface area contributed by atoms with Gasteiger partial charge in [0.2, 0.25) is 0 Å². The van der Waals surface area contributed by atoms with Crippen molar-refractivity contribution in [2.45, 2.75) is 26.8 Å². The molecule has 0 unspecified atom stereocenters. The first-order chi connectivity index (χ1) is 20.7. The number of piperazine rings is 1. The number of nitro benzene ring substituents is 1. The number of rotatable bonds is 8. The molecule has 43 heavy (non-hydrogen) atoms. The molecule has 1 aromatic heterocycles. The van der Waals surface area contributed by atoms with E-state index < -0.39 is 6.04 Å².